The zero-order chi connectivity index (χ0) is 22.1. The zero-order valence-corrected chi connectivity index (χ0v) is 18.3. The van der Waals surface area contributed by atoms with Gasteiger partial charge in [-0.3, -0.25) is 4.79 Å². The summed E-state index contributed by atoms with van der Waals surface area (Å²) < 4.78 is 23.6. The van der Waals surface area contributed by atoms with Crippen LogP contribution in [0.25, 0.3) is 0 Å². The van der Waals surface area contributed by atoms with Gasteiger partial charge in [0.15, 0.2) is 12.6 Å². The van der Waals surface area contributed by atoms with Crippen LogP contribution < -0.4 is 5.32 Å². The quantitative estimate of drug-likeness (QED) is 0.412. The van der Waals surface area contributed by atoms with Crippen LogP contribution in [0.1, 0.15) is 57.3 Å². The Labute approximate surface area is 184 Å². The largest absolute Gasteiger partial charge is 0.388 e. The van der Waals surface area contributed by atoms with Gasteiger partial charge in [0, 0.05) is 12.0 Å². The van der Waals surface area contributed by atoms with Crippen molar-refractivity contribution in [3.63, 3.8) is 0 Å². The average molecular weight is 434 g/mol. The van der Waals surface area contributed by atoms with Crippen molar-refractivity contribution in [1.82, 2.24) is 5.32 Å². The summed E-state index contributed by atoms with van der Waals surface area (Å²) in [4.78, 5) is 12.5. The second kappa shape index (κ2) is 12.3. The molecule has 172 valence electrons. The van der Waals surface area contributed by atoms with E-state index in [1.54, 1.807) is 6.08 Å². The number of carbonyl (C=O) groups is 1. The molecule has 2 fully saturated rings. The van der Waals surface area contributed by atoms with Gasteiger partial charge in [-0.1, -0.05) is 69.0 Å². The van der Waals surface area contributed by atoms with Crippen molar-refractivity contribution in [1.29, 1.82) is 0 Å². The van der Waals surface area contributed by atoms with Crippen LogP contribution in [0.3, 0.4) is 0 Å². The van der Waals surface area contributed by atoms with Gasteiger partial charge in [-0.2, -0.15) is 0 Å². The van der Waals surface area contributed by atoms with Gasteiger partial charge in [-0.25, -0.2) is 0 Å². The lowest BCUT2D eigenvalue weighted by molar-refractivity contribution is -0.343. The number of carbonyl (C=O) groups excluding carboxylic acids is 1. The molecular formula is C24H35NO6. The highest BCUT2D eigenvalue weighted by Crippen LogP contribution is 2.34. The maximum atomic E-state index is 12.5. The highest BCUT2D eigenvalue weighted by Gasteiger charge is 2.50. The standard InChI is InChI=1S/C24H35NO6/c1-3-5-6-7-11-14-19(26)25-20-21(27)22-18(30-24(20)28-15-4-2)16-29-23(31-22)17-12-9-8-10-13-17/h4,8-10,12-13,18,20-24,27H,2-3,5-7,11,14-16H2,1H3,(H,25,26)/t18-,20-,21-,22-,23-,24-/m1/s1. The predicted molar refractivity (Wildman–Crippen MR) is 116 cm³/mol. The van der Waals surface area contributed by atoms with Crippen molar-refractivity contribution in [3.05, 3.63) is 48.6 Å². The number of rotatable bonds is 11. The molecule has 0 saturated carbocycles. The minimum absolute atomic E-state index is 0.124. The molecule has 2 N–H and O–H groups in total. The van der Waals surface area contributed by atoms with Crippen LogP contribution in [0.15, 0.2) is 43.0 Å². The van der Waals surface area contributed by atoms with E-state index in [9.17, 15) is 9.90 Å². The number of aliphatic hydroxyl groups excluding tert-OH is 1. The van der Waals surface area contributed by atoms with E-state index in [4.69, 9.17) is 18.9 Å². The number of unbranched alkanes of at least 4 members (excludes halogenated alkanes) is 4. The van der Waals surface area contributed by atoms with Crippen LogP contribution in [0.2, 0.25) is 0 Å². The third kappa shape index (κ3) is 6.60. The number of hydrogen-bond donors (Lipinski definition) is 2. The normalized spacial score (nSPS) is 30.4. The Morgan fingerprint density at radius 3 is 2.74 bits per heavy atom. The predicted octanol–water partition coefficient (Wildman–Crippen LogP) is 3.23. The van der Waals surface area contributed by atoms with E-state index in [-0.39, 0.29) is 19.1 Å². The fourth-order valence-electron chi connectivity index (χ4n) is 3.98. The monoisotopic (exact) mass is 433 g/mol. The first-order chi connectivity index (χ1) is 15.1. The summed E-state index contributed by atoms with van der Waals surface area (Å²) in [5.74, 6) is -0.124. The summed E-state index contributed by atoms with van der Waals surface area (Å²) in [7, 11) is 0. The Kier molecular flexibility index (Phi) is 9.49. The van der Waals surface area contributed by atoms with E-state index >= 15 is 0 Å². The Morgan fingerprint density at radius 2 is 2.00 bits per heavy atom. The summed E-state index contributed by atoms with van der Waals surface area (Å²) in [5.41, 5.74) is 0.867. The van der Waals surface area contributed by atoms with E-state index in [0.29, 0.717) is 6.42 Å². The maximum absolute atomic E-state index is 12.5. The molecule has 1 aromatic carbocycles. The van der Waals surface area contributed by atoms with Crippen molar-refractivity contribution in [3.8, 4) is 0 Å². The van der Waals surface area contributed by atoms with E-state index in [1.807, 2.05) is 30.3 Å². The molecule has 0 unspecified atom stereocenters. The number of aliphatic hydroxyl groups is 1. The molecule has 6 atom stereocenters. The fourth-order valence-corrected chi connectivity index (χ4v) is 3.98. The molecule has 2 aliphatic rings. The van der Waals surface area contributed by atoms with Gasteiger partial charge >= 0.3 is 0 Å². The minimum Gasteiger partial charge on any atom is -0.388 e. The Hall–Kier alpha value is -1.77. The van der Waals surface area contributed by atoms with Crippen LogP contribution in [-0.4, -0.2) is 54.9 Å². The van der Waals surface area contributed by atoms with Crippen molar-refractivity contribution in [2.45, 2.75) is 82.4 Å². The number of ether oxygens (including phenoxy) is 4. The third-order valence-corrected chi connectivity index (χ3v) is 5.65. The number of amides is 1. The van der Waals surface area contributed by atoms with E-state index in [2.05, 4.69) is 18.8 Å². The number of fused-ring (bicyclic) bond motifs is 1. The molecule has 2 saturated heterocycles. The first-order valence-corrected chi connectivity index (χ1v) is 11.3. The first-order valence-electron chi connectivity index (χ1n) is 11.3. The molecule has 0 radical (unpaired) electrons. The summed E-state index contributed by atoms with van der Waals surface area (Å²) in [6.45, 7) is 6.32. The lowest BCUT2D eigenvalue weighted by Gasteiger charge is -2.47. The molecule has 3 rings (SSSR count). The van der Waals surface area contributed by atoms with Gasteiger partial charge in [-0.05, 0) is 6.42 Å². The third-order valence-electron chi connectivity index (χ3n) is 5.65. The minimum atomic E-state index is -0.993. The molecule has 0 aliphatic carbocycles. The zero-order valence-electron chi connectivity index (χ0n) is 18.3. The highest BCUT2D eigenvalue weighted by atomic mass is 16.7. The van der Waals surface area contributed by atoms with Gasteiger partial charge in [0.2, 0.25) is 5.91 Å². The smallest absolute Gasteiger partial charge is 0.220 e. The molecule has 7 nitrogen and oxygen atoms in total. The first kappa shape index (κ1) is 23.9. The lowest BCUT2D eigenvalue weighted by atomic mass is 9.95. The van der Waals surface area contributed by atoms with Crippen molar-refractivity contribution in [2.24, 2.45) is 0 Å². The van der Waals surface area contributed by atoms with Crippen LogP contribution in [0, 0.1) is 0 Å². The molecule has 0 spiro atoms. The molecule has 0 aromatic heterocycles. The van der Waals surface area contributed by atoms with Gasteiger partial charge in [-0.15, -0.1) is 6.58 Å². The van der Waals surface area contributed by atoms with Crippen molar-refractivity contribution in [2.75, 3.05) is 13.2 Å². The average Bonchev–Trinajstić information content (AvgIpc) is 2.80. The van der Waals surface area contributed by atoms with Gasteiger partial charge in [0.25, 0.3) is 0 Å². The Balaban J connectivity index is 1.62. The van der Waals surface area contributed by atoms with Crippen LogP contribution in [-0.2, 0) is 23.7 Å². The second-order valence-electron chi connectivity index (χ2n) is 8.09. The number of benzene rings is 1. The molecule has 1 aromatic rings. The SMILES string of the molecule is C=CCO[C@@H]1O[C@@H]2CO[C@@H](c3ccccc3)O[C@H]2[C@H](O)[C@H]1NC(=O)CCCCCCC. The van der Waals surface area contributed by atoms with E-state index < -0.39 is 36.9 Å². The maximum Gasteiger partial charge on any atom is 0.220 e. The van der Waals surface area contributed by atoms with Crippen LogP contribution in [0.4, 0.5) is 0 Å². The molecule has 1 amide bonds. The lowest BCUT2D eigenvalue weighted by Crippen LogP contribution is -2.66. The summed E-state index contributed by atoms with van der Waals surface area (Å²) in [6.07, 6.45) is 3.79. The molecule has 31 heavy (non-hydrogen) atoms. The summed E-state index contributed by atoms with van der Waals surface area (Å²) >= 11 is 0. The number of hydrogen-bond acceptors (Lipinski definition) is 6. The Bertz CT molecular complexity index is 684. The fraction of sp³-hybridized carbons (Fsp3) is 0.625. The molecule has 2 heterocycles. The van der Waals surface area contributed by atoms with Gasteiger partial charge in [0.05, 0.1) is 13.2 Å². The molecule has 7 heteroatoms. The van der Waals surface area contributed by atoms with E-state index in [0.717, 1.165) is 31.2 Å². The highest BCUT2D eigenvalue weighted by molar-refractivity contribution is 5.76. The summed E-state index contributed by atoms with van der Waals surface area (Å²) in [6, 6.07) is 8.82. The van der Waals surface area contributed by atoms with Crippen LogP contribution in [0.5, 0.6) is 0 Å². The van der Waals surface area contributed by atoms with Crippen molar-refractivity contribution < 1.29 is 28.8 Å². The molecule has 2 aliphatic heterocycles. The molecule has 0 bridgehead atoms. The second-order valence-corrected chi connectivity index (χ2v) is 8.09. The topological polar surface area (TPSA) is 86.2 Å². The van der Waals surface area contributed by atoms with Gasteiger partial charge in [0.1, 0.15) is 24.4 Å². The Morgan fingerprint density at radius 1 is 1.23 bits per heavy atom. The van der Waals surface area contributed by atoms with Gasteiger partial charge < -0.3 is 29.4 Å². The molecular weight excluding hydrogens is 398 g/mol. The van der Waals surface area contributed by atoms with Crippen LogP contribution >= 0.6 is 0 Å². The van der Waals surface area contributed by atoms with Crippen molar-refractivity contribution >= 4 is 5.91 Å². The summed E-state index contributed by atoms with van der Waals surface area (Å²) in [5, 5.41) is 14.0. The number of nitrogens with one attached hydrogen (secondary N) is 1. The van der Waals surface area contributed by atoms with E-state index in [1.165, 1.54) is 6.42 Å².